The number of carboxylic acids is 1. The van der Waals surface area contributed by atoms with E-state index in [9.17, 15) is 9.59 Å². The molecule has 0 atom stereocenters. The van der Waals surface area contributed by atoms with Gasteiger partial charge in [-0.25, -0.2) is 0 Å². The molecule has 0 aliphatic heterocycles. The van der Waals surface area contributed by atoms with E-state index in [1.807, 2.05) is 6.07 Å². The number of carbonyl (C=O) groups is 2. The van der Waals surface area contributed by atoms with Crippen LogP contribution in [0, 0.1) is 0 Å². The lowest BCUT2D eigenvalue weighted by Crippen LogP contribution is -2.25. The van der Waals surface area contributed by atoms with Crippen molar-refractivity contribution in [1.82, 2.24) is 5.32 Å². The van der Waals surface area contributed by atoms with Gasteiger partial charge >= 0.3 is 5.97 Å². The highest BCUT2D eigenvalue weighted by molar-refractivity contribution is 5.93. The first kappa shape index (κ1) is 12.0. The topological polar surface area (TPSA) is 75.6 Å². The largest absolute Gasteiger partial charge is 0.497 e. The number of methoxy groups -OCH3 is 1. The molecular weight excluding hydrogens is 210 g/mol. The molecule has 0 spiro atoms. The van der Waals surface area contributed by atoms with Gasteiger partial charge in [0.2, 0.25) is 5.91 Å². The highest BCUT2D eigenvalue weighted by Gasteiger charge is 2.06. The standard InChI is InChI=1S/C11H13NO4/c1-16-9-4-2-3-8(5-9)7-12-10(13)6-11(14)15/h2-5H,6-7H2,1H3,(H,12,13)(H,14,15). The van der Waals surface area contributed by atoms with E-state index in [-0.39, 0.29) is 0 Å². The van der Waals surface area contributed by atoms with E-state index in [2.05, 4.69) is 5.32 Å². The zero-order valence-electron chi connectivity index (χ0n) is 8.90. The normalized spacial score (nSPS) is 9.56. The van der Waals surface area contributed by atoms with E-state index in [1.165, 1.54) is 0 Å². The van der Waals surface area contributed by atoms with E-state index in [1.54, 1.807) is 25.3 Å². The maximum absolute atomic E-state index is 11.1. The minimum absolute atomic E-state index is 0.295. The van der Waals surface area contributed by atoms with E-state index in [0.29, 0.717) is 12.3 Å². The van der Waals surface area contributed by atoms with Crippen LogP contribution >= 0.6 is 0 Å². The summed E-state index contributed by atoms with van der Waals surface area (Å²) in [5.41, 5.74) is 0.859. The zero-order valence-corrected chi connectivity index (χ0v) is 8.90. The summed E-state index contributed by atoms with van der Waals surface area (Å²) in [6.45, 7) is 0.295. The van der Waals surface area contributed by atoms with Gasteiger partial charge in [0.25, 0.3) is 0 Å². The summed E-state index contributed by atoms with van der Waals surface area (Å²) < 4.78 is 5.02. The molecule has 0 radical (unpaired) electrons. The first-order valence-electron chi connectivity index (χ1n) is 4.73. The van der Waals surface area contributed by atoms with Gasteiger partial charge < -0.3 is 15.2 Å². The molecule has 0 saturated carbocycles. The lowest BCUT2D eigenvalue weighted by molar-refractivity contribution is -0.140. The maximum atomic E-state index is 11.1. The summed E-state index contributed by atoms with van der Waals surface area (Å²) in [5.74, 6) is -0.941. The second kappa shape index (κ2) is 5.75. The molecule has 5 nitrogen and oxygen atoms in total. The maximum Gasteiger partial charge on any atom is 0.312 e. The molecule has 0 heterocycles. The SMILES string of the molecule is COc1cccc(CNC(=O)CC(=O)O)c1. The Morgan fingerprint density at radius 3 is 2.81 bits per heavy atom. The summed E-state index contributed by atoms with van der Waals surface area (Å²) >= 11 is 0. The number of carbonyl (C=O) groups excluding carboxylic acids is 1. The Labute approximate surface area is 93.0 Å². The molecule has 0 unspecified atom stereocenters. The summed E-state index contributed by atoms with van der Waals surface area (Å²) in [5, 5.41) is 10.9. The average molecular weight is 223 g/mol. The van der Waals surface area contributed by atoms with E-state index >= 15 is 0 Å². The number of hydrogen-bond donors (Lipinski definition) is 2. The number of nitrogens with one attached hydrogen (secondary N) is 1. The third kappa shape index (κ3) is 4.00. The molecule has 2 N–H and O–H groups in total. The van der Waals surface area contributed by atoms with Crippen LogP contribution in [-0.2, 0) is 16.1 Å². The van der Waals surface area contributed by atoms with Crippen LogP contribution in [0.2, 0.25) is 0 Å². The second-order valence-corrected chi connectivity index (χ2v) is 3.20. The fourth-order valence-corrected chi connectivity index (χ4v) is 1.18. The molecule has 5 heteroatoms. The molecule has 16 heavy (non-hydrogen) atoms. The van der Waals surface area contributed by atoms with Gasteiger partial charge in [0.05, 0.1) is 7.11 Å². The van der Waals surface area contributed by atoms with Crippen LogP contribution in [-0.4, -0.2) is 24.1 Å². The molecule has 1 rings (SSSR count). The Morgan fingerprint density at radius 1 is 1.44 bits per heavy atom. The smallest absolute Gasteiger partial charge is 0.312 e. The molecule has 0 aromatic heterocycles. The summed E-state index contributed by atoms with van der Waals surface area (Å²) in [7, 11) is 1.56. The lowest BCUT2D eigenvalue weighted by Gasteiger charge is -2.05. The fraction of sp³-hybridized carbons (Fsp3) is 0.273. The number of rotatable bonds is 5. The number of amides is 1. The number of hydrogen-bond acceptors (Lipinski definition) is 3. The van der Waals surface area contributed by atoms with Crippen molar-refractivity contribution in [2.75, 3.05) is 7.11 Å². The van der Waals surface area contributed by atoms with Gasteiger partial charge in [0.1, 0.15) is 12.2 Å². The molecule has 0 fully saturated rings. The predicted molar refractivity (Wildman–Crippen MR) is 57.1 cm³/mol. The number of ether oxygens (including phenoxy) is 1. The zero-order chi connectivity index (χ0) is 12.0. The van der Waals surface area contributed by atoms with Gasteiger partial charge in [-0.3, -0.25) is 9.59 Å². The molecule has 86 valence electrons. The van der Waals surface area contributed by atoms with Crippen LogP contribution in [0.5, 0.6) is 5.75 Å². The predicted octanol–water partition coefficient (Wildman–Crippen LogP) is 0.786. The van der Waals surface area contributed by atoms with Crippen molar-refractivity contribution in [3.63, 3.8) is 0 Å². The molecule has 0 aliphatic carbocycles. The van der Waals surface area contributed by atoms with Crippen molar-refractivity contribution < 1.29 is 19.4 Å². The van der Waals surface area contributed by atoms with E-state index in [0.717, 1.165) is 5.56 Å². The third-order valence-corrected chi connectivity index (χ3v) is 1.94. The monoisotopic (exact) mass is 223 g/mol. The summed E-state index contributed by atoms with van der Waals surface area (Å²) in [6.07, 6.45) is -0.510. The van der Waals surface area contributed by atoms with Crippen LogP contribution in [0.4, 0.5) is 0 Å². The number of aliphatic carboxylic acids is 1. The Bertz CT molecular complexity index is 389. The van der Waals surface area contributed by atoms with Crippen molar-refractivity contribution >= 4 is 11.9 Å². The number of benzene rings is 1. The molecule has 0 saturated heterocycles. The first-order chi connectivity index (χ1) is 7.61. The molecule has 0 aliphatic rings. The summed E-state index contributed by atoms with van der Waals surface area (Å²) in [6, 6.07) is 7.20. The number of carboxylic acid groups (broad SMARTS) is 1. The quantitative estimate of drug-likeness (QED) is 0.723. The van der Waals surface area contributed by atoms with Crippen LogP contribution in [0.1, 0.15) is 12.0 Å². The van der Waals surface area contributed by atoms with E-state index in [4.69, 9.17) is 9.84 Å². The minimum Gasteiger partial charge on any atom is -0.497 e. The molecule has 1 aromatic rings. The van der Waals surface area contributed by atoms with Crippen molar-refractivity contribution in [1.29, 1.82) is 0 Å². The van der Waals surface area contributed by atoms with Gasteiger partial charge in [0.15, 0.2) is 0 Å². The highest BCUT2D eigenvalue weighted by atomic mass is 16.5. The molecular formula is C11H13NO4. The first-order valence-corrected chi connectivity index (χ1v) is 4.73. The molecule has 0 bridgehead atoms. The minimum atomic E-state index is -1.14. The van der Waals surface area contributed by atoms with Gasteiger partial charge in [-0.2, -0.15) is 0 Å². The van der Waals surface area contributed by atoms with Crippen LogP contribution in [0.3, 0.4) is 0 Å². The van der Waals surface area contributed by atoms with Gasteiger partial charge in [-0.05, 0) is 17.7 Å². The van der Waals surface area contributed by atoms with Gasteiger partial charge in [0, 0.05) is 6.54 Å². The van der Waals surface area contributed by atoms with Crippen LogP contribution in [0.15, 0.2) is 24.3 Å². The Balaban J connectivity index is 2.47. The highest BCUT2D eigenvalue weighted by Crippen LogP contribution is 2.11. The Morgan fingerprint density at radius 2 is 2.19 bits per heavy atom. The molecule has 1 aromatic carbocycles. The third-order valence-electron chi connectivity index (χ3n) is 1.94. The lowest BCUT2D eigenvalue weighted by atomic mass is 10.2. The van der Waals surface area contributed by atoms with Crippen molar-refractivity contribution in [2.45, 2.75) is 13.0 Å². The average Bonchev–Trinajstić information content (AvgIpc) is 2.26. The van der Waals surface area contributed by atoms with E-state index < -0.39 is 18.3 Å². The van der Waals surface area contributed by atoms with Crippen molar-refractivity contribution in [3.05, 3.63) is 29.8 Å². The summed E-state index contributed by atoms with van der Waals surface area (Å²) in [4.78, 5) is 21.3. The Kier molecular flexibility index (Phi) is 4.32. The van der Waals surface area contributed by atoms with Crippen LogP contribution in [0.25, 0.3) is 0 Å². The van der Waals surface area contributed by atoms with Crippen LogP contribution < -0.4 is 10.1 Å². The second-order valence-electron chi connectivity index (χ2n) is 3.20. The molecule has 1 amide bonds. The van der Waals surface area contributed by atoms with Gasteiger partial charge in [-0.15, -0.1) is 0 Å². The van der Waals surface area contributed by atoms with Crippen molar-refractivity contribution in [2.24, 2.45) is 0 Å². The fourth-order valence-electron chi connectivity index (χ4n) is 1.18. The Hall–Kier alpha value is -2.04. The van der Waals surface area contributed by atoms with Gasteiger partial charge in [-0.1, -0.05) is 12.1 Å². The van der Waals surface area contributed by atoms with Crippen molar-refractivity contribution in [3.8, 4) is 5.75 Å².